The Kier molecular flexibility index (Phi) is 3.74. The molecule has 0 bridgehead atoms. The SMILES string of the molecule is CCOC(=O)c1c2c(c(C)c3c1OC(C)(C)S3(=O)=O)S(=O)(=O)C(C)(C)O2. The van der Waals surface area contributed by atoms with E-state index >= 15 is 0 Å². The molecule has 0 fully saturated rings. The van der Waals surface area contributed by atoms with Crippen LogP contribution < -0.4 is 9.47 Å². The van der Waals surface area contributed by atoms with Gasteiger partial charge < -0.3 is 14.2 Å². The average molecular weight is 404 g/mol. The van der Waals surface area contributed by atoms with Gasteiger partial charge in [-0.25, -0.2) is 21.6 Å². The lowest BCUT2D eigenvalue weighted by Gasteiger charge is -2.18. The summed E-state index contributed by atoms with van der Waals surface area (Å²) in [5.74, 6) is -1.35. The number of sulfone groups is 2. The zero-order chi connectivity index (χ0) is 19.9. The topological polar surface area (TPSA) is 113 Å². The van der Waals surface area contributed by atoms with Gasteiger partial charge in [0, 0.05) is 0 Å². The standard InChI is InChI=1S/C16H20O8S2/c1-7-22-14(17)9-10-12(25(18,19)15(3,4)23-10)8(2)13-11(9)24-16(5,6)26(13,20)21/h7H2,1-6H3. The molecule has 1 aromatic carbocycles. The first-order valence-electron chi connectivity index (χ1n) is 7.95. The van der Waals surface area contributed by atoms with Crippen LogP contribution >= 0.6 is 0 Å². The molecule has 2 aliphatic heterocycles. The highest BCUT2D eigenvalue weighted by atomic mass is 32.2. The monoisotopic (exact) mass is 404 g/mol. The van der Waals surface area contributed by atoms with Crippen LogP contribution in [0.15, 0.2) is 9.79 Å². The molecular formula is C16H20O8S2. The van der Waals surface area contributed by atoms with Crippen LogP contribution in [0.5, 0.6) is 11.5 Å². The van der Waals surface area contributed by atoms with Crippen LogP contribution in [0.3, 0.4) is 0 Å². The molecule has 0 aliphatic carbocycles. The molecule has 3 rings (SSSR count). The Morgan fingerprint density at radius 1 is 0.923 bits per heavy atom. The first-order valence-corrected chi connectivity index (χ1v) is 10.9. The van der Waals surface area contributed by atoms with E-state index in [9.17, 15) is 21.6 Å². The number of carbonyl (C=O) groups excluding carboxylic acids is 1. The molecule has 0 saturated heterocycles. The molecule has 26 heavy (non-hydrogen) atoms. The van der Waals surface area contributed by atoms with E-state index in [0.717, 1.165) is 0 Å². The zero-order valence-electron chi connectivity index (χ0n) is 15.3. The number of fused-ring (bicyclic) bond motifs is 2. The molecule has 0 N–H and O–H groups in total. The highest BCUT2D eigenvalue weighted by Crippen LogP contribution is 2.56. The van der Waals surface area contributed by atoms with Crippen molar-refractivity contribution in [1.82, 2.24) is 0 Å². The van der Waals surface area contributed by atoms with E-state index in [4.69, 9.17) is 14.2 Å². The quantitative estimate of drug-likeness (QED) is 0.688. The molecule has 8 nitrogen and oxygen atoms in total. The molecular weight excluding hydrogens is 384 g/mol. The Balaban J connectivity index is 2.52. The van der Waals surface area contributed by atoms with Crippen LogP contribution in [-0.4, -0.2) is 39.3 Å². The fourth-order valence-corrected chi connectivity index (χ4v) is 6.32. The minimum atomic E-state index is -4.04. The lowest BCUT2D eigenvalue weighted by atomic mass is 10.1. The lowest BCUT2D eigenvalue weighted by molar-refractivity contribution is 0.0510. The van der Waals surface area contributed by atoms with Crippen LogP contribution in [0.2, 0.25) is 0 Å². The lowest BCUT2D eigenvalue weighted by Crippen LogP contribution is -2.33. The van der Waals surface area contributed by atoms with Crippen LogP contribution in [0.25, 0.3) is 0 Å². The van der Waals surface area contributed by atoms with E-state index in [1.165, 1.54) is 34.6 Å². The third-order valence-electron chi connectivity index (χ3n) is 4.55. The largest absolute Gasteiger partial charge is 0.469 e. The smallest absolute Gasteiger partial charge is 0.345 e. The van der Waals surface area contributed by atoms with Crippen molar-refractivity contribution in [3.8, 4) is 11.5 Å². The van der Waals surface area contributed by atoms with Gasteiger partial charge in [-0.3, -0.25) is 0 Å². The van der Waals surface area contributed by atoms with Gasteiger partial charge in [-0.15, -0.1) is 0 Å². The summed E-state index contributed by atoms with van der Waals surface area (Å²) in [5.41, 5.74) is -0.329. The van der Waals surface area contributed by atoms with Gasteiger partial charge >= 0.3 is 5.97 Å². The van der Waals surface area contributed by atoms with E-state index in [0.29, 0.717) is 0 Å². The van der Waals surface area contributed by atoms with E-state index in [-0.39, 0.29) is 39.0 Å². The van der Waals surface area contributed by atoms with Crippen molar-refractivity contribution in [2.24, 2.45) is 0 Å². The van der Waals surface area contributed by atoms with Crippen molar-refractivity contribution in [3.63, 3.8) is 0 Å². The fourth-order valence-electron chi connectivity index (χ4n) is 3.10. The molecule has 0 spiro atoms. The first kappa shape index (κ1) is 19.0. The maximum absolute atomic E-state index is 12.9. The molecule has 0 unspecified atom stereocenters. The Morgan fingerprint density at radius 3 is 1.65 bits per heavy atom. The number of hydrogen-bond acceptors (Lipinski definition) is 8. The summed E-state index contributed by atoms with van der Waals surface area (Å²) >= 11 is 0. The Labute approximate surface area is 152 Å². The molecule has 1 aromatic rings. The third kappa shape index (κ3) is 2.08. The van der Waals surface area contributed by atoms with Gasteiger partial charge in [-0.05, 0) is 47.1 Å². The van der Waals surface area contributed by atoms with Crippen molar-refractivity contribution in [2.45, 2.75) is 61.2 Å². The second-order valence-corrected chi connectivity index (χ2v) is 11.8. The minimum Gasteiger partial charge on any atom is -0.469 e. The Bertz CT molecular complexity index is 973. The third-order valence-corrected chi connectivity index (χ3v) is 9.37. The highest BCUT2D eigenvalue weighted by molar-refractivity contribution is 7.94. The number of rotatable bonds is 2. The highest BCUT2D eigenvalue weighted by Gasteiger charge is 2.57. The van der Waals surface area contributed by atoms with Crippen LogP contribution in [-0.2, 0) is 24.4 Å². The van der Waals surface area contributed by atoms with E-state index < -0.39 is 35.5 Å². The molecule has 2 aliphatic rings. The summed E-state index contributed by atoms with van der Waals surface area (Å²) in [5, 5.41) is 0. The number of carbonyl (C=O) groups is 1. The maximum atomic E-state index is 12.9. The summed E-state index contributed by atoms with van der Waals surface area (Å²) in [6.45, 7) is 8.31. The molecule has 10 heteroatoms. The van der Waals surface area contributed by atoms with Gasteiger partial charge in [0.25, 0.3) is 0 Å². The maximum Gasteiger partial charge on any atom is 0.345 e. The van der Waals surface area contributed by atoms with Gasteiger partial charge in [-0.2, -0.15) is 0 Å². The van der Waals surface area contributed by atoms with E-state index in [1.807, 2.05) is 0 Å². The van der Waals surface area contributed by atoms with Crippen molar-refractivity contribution in [1.29, 1.82) is 0 Å². The molecule has 0 amide bonds. The van der Waals surface area contributed by atoms with Gasteiger partial charge in [-0.1, -0.05) is 0 Å². The fraction of sp³-hybridized carbons (Fsp3) is 0.562. The second kappa shape index (κ2) is 5.13. The van der Waals surface area contributed by atoms with Crippen molar-refractivity contribution in [3.05, 3.63) is 11.1 Å². The van der Waals surface area contributed by atoms with Crippen molar-refractivity contribution < 1.29 is 35.8 Å². The summed E-state index contributed by atoms with van der Waals surface area (Å²) < 4.78 is 67.9. The van der Waals surface area contributed by atoms with E-state index in [2.05, 4.69) is 0 Å². The number of ether oxygens (including phenoxy) is 3. The predicted molar refractivity (Wildman–Crippen MR) is 90.9 cm³/mol. The summed E-state index contributed by atoms with van der Waals surface area (Å²) in [6, 6.07) is 0. The Hall–Kier alpha value is -1.81. The average Bonchev–Trinajstić information content (AvgIpc) is 2.75. The molecule has 0 saturated carbocycles. The van der Waals surface area contributed by atoms with E-state index in [1.54, 1.807) is 6.92 Å². The summed E-state index contributed by atoms with van der Waals surface area (Å²) in [7, 11) is -8.09. The number of benzene rings is 1. The summed E-state index contributed by atoms with van der Waals surface area (Å²) in [6.07, 6.45) is 0. The first-order chi connectivity index (χ1) is 11.7. The van der Waals surface area contributed by atoms with Crippen LogP contribution in [0.4, 0.5) is 0 Å². The normalized spacial score (nSPS) is 22.7. The molecule has 0 aromatic heterocycles. The molecule has 2 heterocycles. The Morgan fingerprint density at radius 2 is 1.31 bits per heavy atom. The predicted octanol–water partition coefficient (Wildman–Crippen LogP) is 1.98. The molecule has 0 radical (unpaired) electrons. The van der Waals surface area contributed by atoms with Crippen LogP contribution in [0.1, 0.15) is 50.5 Å². The molecule has 144 valence electrons. The zero-order valence-corrected chi connectivity index (χ0v) is 16.9. The van der Waals surface area contributed by atoms with Gasteiger partial charge in [0.1, 0.15) is 15.4 Å². The van der Waals surface area contributed by atoms with Gasteiger partial charge in [0.05, 0.1) is 6.61 Å². The van der Waals surface area contributed by atoms with Crippen LogP contribution in [0, 0.1) is 6.92 Å². The van der Waals surface area contributed by atoms with Crippen molar-refractivity contribution in [2.75, 3.05) is 6.61 Å². The number of hydrogen-bond donors (Lipinski definition) is 0. The van der Waals surface area contributed by atoms with Crippen molar-refractivity contribution >= 4 is 25.6 Å². The van der Waals surface area contributed by atoms with Gasteiger partial charge in [0.15, 0.2) is 11.5 Å². The summed E-state index contributed by atoms with van der Waals surface area (Å²) in [4.78, 5) is 8.61. The molecule has 0 atom stereocenters. The minimum absolute atomic E-state index is 0.0146. The number of esters is 1. The second-order valence-electron chi connectivity index (χ2n) is 7.05. The van der Waals surface area contributed by atoms with Gasteiger partial charge in [0.2, 0.25) is 29.5 Å².